The maximum atomic E-state index is 12.2. The van der Waals surface area contributed by atoms with Gasteiger partial charge in [-0.15, -0.1) is 0 Å². The van der Waals surface area contributed by atoms with Gasteiger partial charge in [0.2, 0.25) is 0 Å². The van der Waals surface area contributed by atoms with Gasteiger partial charge in [-0.2, -0.15) is 10.2 Å². The average Bonchev–Trinajstić information content (AvgIpc) is 3.03. The predicted octanol–water partition coefficient (Wildman–Crippen LogP) is 1.17. The molecule has 0 aliphatic rings. The van der Waals surface area contributed by atoms with Crippen molar-refractivity contribution in [2.75, 3.05) is 6.61 Å². The second kappa shape index (κ2) is 6.31. The lowest BCUT2D eigenvalue weighted by molar-refractivity contribution is 0.0911. The zero-order valence-electron chi connectivity index (χ0n) is 13.6. The molecule has 7 heteroatoms. The van der Waals surface area contributed by atoms with Crippen LogP contribution in [0.25, 0.3) is 11.3 Å². The Hall–Kier alpha value is -2.15. The van der Waals surface area contributed by atoms with E-state index < -0.39 is 0 Å². The van der Waals surface area contributed by atoms with Gasteiger partial charge >= 0.3 is 0 Å². The van der Waals surface area contributed by atoms with E-state index >= 15 is 0 Å². The number of aliphatic hydroxyl groups is 1. The van der Waals surface area contributed by atoms with E-state index in [1.54, 1.807) is 10.7 Å². The predicted molar refractivity (Wildman–Crippen MR) is 83.4 cm³/mol. The third kappa shape index (κ3) is 3.04. The van der Waals surface area contributed by atoms with Crippen LogP contribution in [0.1, 0.15) is 35.7 Å². The molecule has 7 nitrogen and oxygen atoms in total. The van der Waals surface area contributed by atoms with E-state index in [1.165, 1.54) is 0 Å². The number of aryl methyl sites for hydroxylation is 2. The van der Waals surface area contributed by atoms with Gasteiger partial charge in [0.15, 0.2) is 0 Å². The summed E-state index contributed by atoms with van der Waals surface area (Å²) in [4.78, 5) is 12.2. The first-order valence-corrected chi connectivity index (χ1v) is 7.32. The number of amides is 1. The summed E-state index contributed by atoms with van der Waals surface area (Å²) in [7, 11) is 1.88. The molecule has 0 aromatic carbocycles. The van der Waals surface area contributed by atoms with Crippen molar-refractivity contribution in [2.24, 2.45) is 13.0 Å². The molecule has 0 spiro atoms. The van der Waals surface area contributed by atoms with Crippen molar-refractivity contribution in [3.05, 3.63) is 23.1 Å². The minimum atomic E-state index is -0.231. The number of aromatic amines is 1. The summed E-state index contributed by atoms with van der Waals surface area (Å²) in [6.07, 6.45) is 0. The van der Waals surface area contributed by atoms with Crippen LogP contribution in [0.2, 0.25) is 0 Å². The Bertz CT molecular complexity index is 674. The van der Waals surface area contributed by atoms with Crippen molar-refractivity contribution < 1.29 is 9.90 Å². The topological polar surface area (TPSA) is 95.8 Å². The first-order chi connectivity index (χ1) is 10.3. The van der Waals surface area contributed by atoms with Gasteiger partial charge in [0.05, 0.1) is 11.4 Å². The second-order valence-corrected chi connectivity index (χ2v) is 5.76. The summed E-state index contributed by atoms with van der Waals surface area (Å²) < 4.78 is 1.80. The van der Waals surface area contributed by atoms with Gasteiger partial charge in [-0.3, -0.25) is 14.6 Å². The SMILES string of the molecule is Cc1nn(C)c(C)c1-c1cc(C(=O)NC(C)C(C)CO)[nH]n1. The first kappa shape index (κ1) is 16.2. The molecule has 0 aliphatic heterocycles. The Kier molecular flexibility index (Phi) is 4.65. The van der Waals surface area contributed by atoms with E-state index in [-0.39, 0.29) is 24.5 Å². The van der Waals surface area contributed by atoms with E-state index in [4.69, 9.17) is 5.11 Å². The van der Waals surface area contributed by atoms with E-state index in [2.05, 4.69) is 20.6 Å². The zero-order chi connectivity index (χ0) is 16.4. The third-order valence-corrected chi connectivity index (χ3v) is 4.09. The molecule has 2 aromatic heterocycles. The molecule has 2 heterocycles. The molecule has 0 aliphatic carbocycles. The van der Waals surface area contributed by atoms with Crippen LogP contribution in [0.4, 0.5) is 0 Å². The zero-order valence-corrected chi connectivity index (χ0v) is 13.6. The molecule has 2 atom stereocenters. The van der Waals surface area contributed by atoms with Gasteiger partial charge in [-0.25, -0.2) is 0 Å². The van der Waals surface area contributed by atoms with Crippen molar-refractivity contribution in [3.63, 3.8) is 0 Å². The van der Waals surface area contributed by atoms with Crippen LogP contribution >= 0.6 is 0 Å². The number of hydrogen-bond donors (Lipinski definition) is 3. The first-order valence-electron chi connectivity index (χ1n) is 7.32. The molecule has 2 rings (SSSR count). The molecule has 2 unspecified atom stereocenters. The van der Waals surface area contributed by atoms with Gasteiger partial charge in [0.1, 0.15) is 5.69 Å². The summed E-state index contributed by atoms with van der Waals surface area (Å²) in [6.45, 7) is 7.66. The Morgan fingerprint density at radius 3 is 2.68 bits per heavy atom. The highest BCUT2D eigenvalue weighted by molar-refractivity contribution is 5.93. The van der Waals surface area contributed by atoms with Crippen molar-refractivity contribution in [1.29, 1.82) is 0 Å². The lowest BCUT2D eigenvalue weighted by Gasteiger charge is -2.18. The summed E-state index contributed by atoms with van der Waals surface area (Å²) in [5.74, 6) is -0.236. The van der Waals surface area contributed by atoms with E-state index in [9.17, 15) is 4.79 Å². The fourth-order valence-electron chi connectivity index (χ4n) is 2.30. The highest BCUT2D eigenvalue weighted by atomic mass is 16.3. The fraction of sp³-hybridized carbons (Fsp3) is 0.533. The number of rotatable bonds is 5. The van der Waals surface area contributed by atoms with Crippen molar-refractivity contribution in [1.82, 2.24) is 25.3 Å². The maximum Gasteiger partial charge on any atom is 0.269 e. The van der Waals surface area contributed by atoms with Crippen molar-refractivity contribution in [2.45, 2.75) is 33.7 Å². The molecule has 0 radical (unpaired) electrons. The van der Waals surface area contributed by atoms with Gasteiger partial charge in [0.25, 0.3) is 5.91 Å². The number of carbonyl (C=O) groups excluding carboxylic acids is 1. The molecule has 0 saturated heterocycles. The number of H-pyrrole nitrogens is 1. The average molecular weight is 305 g/mol. The number of nitrogens with one attached hydrogen (secondary N) is 2. The summed E-state index contributed by atoms with van der Waals surface area (Å²) in [5, 5.41) is 23.3. The lowest BCUT2D eigenvalue weighted by atomic mass is 10.1. The van der Waals surface area contributed by atoms with Crippen LogP contribution in [0.15, 0.2) is 6.07 Å². The molecule has 120 valence electrons. The second-order valence-electron chi connectivity index (χ2n) is 5.76. The Balaban J connectivity index is 2.19. The molecule has 0 bridgehead atoms. The smallest absolute Gasteiger partial charge is 0.269 e. The van der Waals surface area contributed by atoms with Crippen molar-refractivity contribution >= 4 is 5.91 Å². The Morgan fingerprint density at radius 2 is 2.14 bits per heavy atom. The molecule has 0 saturated carbocycles. The number of carbonyl (C=O) groups is 1. The van der Waals surface area contributed by atoms with E-state index in [0.29, 0.717) is 11.4 Å². The Morgan fingerprint density at radius 1 is 1.45 bits per heavy atom. The highest BCUT2D eigenvalue weighted by Crippen LogP contribution is 2.25. The van der Waals surface area contributed by atoms with Crippen LogP contribution in [-0.2, 0) is 7.05 Å². The maximum absolute atomic E-state index is 12.2. The normalized spacial score (nSPS) is 13.9. The number of hydrogen-bond acceptors (Lipinski definition) is 4. The summed E-state index contributed by atoms with van der Waals surface area (Å²) >= 11 is 0. The van der Waals surface area contributed by atoms with Crippen LogP contribution in [0, 0.1) is 19.8 Å². The molecule has 1 amide bonds. The molecule has 3 N–H and O–H groups in total. The summed E-state index contributed by atoms with van der Waals surface area (Å²) in [5.41, 5.74) is 3.92. The monoisotopic (exact) mass is 305 g/mol. The van der Waals surface area contributed by atoms with E-state index in [0.717, 1.165) is 17.0 Å². The fourth-order valence-corrected chi connectivity index (χ4v) is 2.30. The molecule has 2 aromatic rings. The van der Waals surface area contributed by atoms with Crippen LogP contribution in [0.5, 0.6) is 0 Å². The third-order valence-electron chi connectivity index (χ3n) is 4.09. The highest BCUT2D eigenvalue weighted by Gasteiger charge is 2.19. The lowest BCUT2D eigenvalue weighted by Crippen LogP contribution is -2.38. The van der Waals surface area contributed by atoms with Gasteiger partial charge in [-0.05, 0) is 32.8 Å². The number of aromatic nitrogens is 4. The molecular weight excluding hydrogens is 282 g/mol. The van der Waals surface area contributed by atoms with Crippen LogP contribution in [0.3, 0.4) is 0 Å². The molecule has 0 fully saturated rings. The quantitative estimate of drug-likeness (QED) is 0.772. The molecular formula is C15H23N5O2. The van der Waals surface area contributed by atoms with Gasteiger partial charge < -0.3 is 10.4 Å². The van der Waals surface area contributed by atoms with Gasteiger partial charge in [0, 0.05) is 31.0 Å². The van der Waals surface area contributed by atoms with E-state index in [1.807, 2.05) is 34.7 Å². The van der Waals surface area contributed by atoms with Crippen LogP contribution in [-0.4, -0.2) is 43.6 Å². The summed E-state index contributed by atoms with van der Waals surface area (Å²) in [6, 6.07) is 1.61. The van der Waals surface area contributed by atoms with Crippen LogP contribution < -0.4 is 5.32 Å². The standard InChI is InChI=1S/C15H23N5O2/c1-8(7-21)9(2)16-15(22)13-6-12(17-18-13)14-10(3)19-20(5)11(14)4/h6,8-9,21H,7H2,1-5H3,(H,16,22)(H,17,18). The minimum Gasteiger partial charge on any atom is -0.396 e. The van der Waals surface area contributed by atoms with Gasteiger partial charge in [-0.1, -0.05) is 6.92 Å². The molecule has 22 heavy (non-hydrogen) atoms. The van der Waals surface area contributed by atoms with Crippen molar-refractivity contribution in [3.8, 4) is 11.3 Å². The Labute approximate surface area is 129 Å². The number of nitrogens with zero attached hydrogens (tertiary/aromatic N) is 3. The minimum absolute atomic E-state index is 0.00541. The largest absolute Gasteiger partial charge is 0.396 e. The number of aliphatic hydroxyl groups excluding tert-OH is 1.